The number of hydrogen-bond donors (Lipinski definition) is 0. The van der Waals surface area contributed by atoms with Gasteiger partial charge in [0, 0.05) is 7.92 Å². The summed E-state index contributed by atoms with van der Waals surface area (Å²) in [5.74, 6) is 0. The fraction of sp³-hybridized carbons (Fsp3) is 0.444. The van der Waals surface area contributed by atoms with Crippen LogP contribution < -0.4 is 5.30 Å². The van der Waals surface area contributed by atoms with Crippen LogP contribution in [-0.4, -0.2) is 17.6 Å². The SMILES string of the molecule is CC(C)(C)[PH+](c1ccc2ccccc2c1)C(C)(C)C.F[B-](F)(F)F. The van der Waals surface area contributed by atoms with E-state index in [2.05, 4.69) is 84.0 Å². The second-order valence-electron chi connectivity index (χ2n) is 7.93. The highest BCUT2D eigenvalue weighted by atomic mass is 31.1. The van der Waals surface area contributed by atoms with Crippen LogP contribution in [-0.2, 0) is 0 Å². The van der Waals surface area contributed by atoms with E-state index in [1.165, 1.54) is 10.8 Å². The standard InChI is InChI=1S/C18H25P.BF4/c1-17(2,3)19(18(4,5)6)16-12-11-14-9-7-8-10-15(14)13-16;2-1(3,4)5/h7-13H,1-6H3;/q;-1/p+1. The summed E-state index contributed by atoms with van der Waals surface area (Å²) in [5, 5.41) is 5.01. The molecule has 0 fully saturated rings. The summed E-state index contributed by atoms with van der Waals surface area (Å²) in [5.41, 5.74) is 0. The predicted octanol–water partition coefficient (Wildman–Crippen LogP) is 6.58. The van der Waals surface area contributed by atoms with E-state index in [1.54, 1.807) is 5.30 Å². The van der Waals surface area contributed by atoms with E-state index in [4.69, 9.17) is 0 Å². The van der Waals surface area contributed by atoms with Gasteiger partial charge in [-0.3, -0.25) is 0 Å². The predicted molar refractivity (Wildman–Crippen MR) is 102 cm³/mol. The molecule has 24 heavy (non-hydrogen) atoms. The third-order valence-corrected chi connectivity index (χ3v) is 7.43. The van der Waals surface area contributed by atoms with Crippen molar-refractivity contribution >= 4 is 31.3 Å². The first-order chi connectivity index (χ1) is 10.7. The Kier molecular flexibility index (Phi) is 6.49. The summed E-state index contributed by atoms with van der Waals surface area (Å²) < 4.78 is 39.0. The van der Waals surface area contributed by atoms with Gasteiger partial charge in [-0.1, -0.05) is 30.3 Å². The Labute approximate surface area is 143 Å². The highest BCUT2D eigenvalue weighted by molar-refractivity contribution is 7.68. The molecule has 0 radical (unpaired) electrons. The maximum Gasteiger partial charge on any atom is 0.673 e. The maximum atomic E-state index is 9.75. The van der Waals surface area contributed by atoms with Crippen LogP contribution in [0.1, 0.15) is 41.5 Å². The van der Waals surface area contributed by atoms with Gasteiger partial charge in [-0.2, -0.15) is 0 Å². The van der Waals surface area contributed by atoms with Crippen molar-refractivity contribution in [3.63, 3.8) is 0 Å². The largest absolute Gasteiger partial charge is 0.673 e. The van der Waals surface area contributed by atoms with Crippen LogP contribution in [0.2, 0.25) is 0 Å². The summed E-state index contributed by atoms with van der Waals surface area (Å²) in [6.07, 6.45) is 0. The zero-order valence-corrected chi connectivity index (χ0v) is 16.1. The summed E-state index contributed by atoms with van der Waals surface area (Å²) in [4.78, 5) is 0. The van der Waals surface area contributed by atoms with E-state index in [1.807, 2.05) is 0 Å². The Morgan fingerprint density at radius 2 is 1.12 bits per heavy atom. The molecule has 0 saturated heterocycles. The van der Waals surface area contributed by atoms with Crippen molar-refractivity contribution in [1.29, 1.82) is 0 Å². The van der Waals surface area contributed by atoms with Crippen LogP contribution in [0.5, 0.6) is 0 Å². The molecule has 2 rings (SSSR count). The number of rotatable bonds is 1. The van der Waals surface area contributed by atoms with Gasteiger partial charge in [0.25, 0.3) is 0 Å². The molecule has 0 aromatic heterocycles. The third kappa shape index (κ3) is 6.80. The lowest BCUT2D eigenvalue weighted by Crippen LogP contribution is -2.31. The summed E-state index contributed by atoms with van der Waals surface area (Å²) in [7, 11) is -6.64. The number of hydrogen-bond acceptors (Lipinski definition) is 0. The van der Waals surface area contributed by atoms with Crippen LogP contribution in [0.3, 0.4) is 0 Å². The molecule has 0 atom stereocenters. The average molecular weight is 360 g/mol. The topological polar surface area (TPSA) is 0 Å². The van der Waals surface area contributed by atoms with Gasteiger partial charge >= 0.3 is 7.25 Å². The molecule has 2 aromatic rings. The first kappa shape index (κ1) is 21.0. The van der Waals surface area contributed by atoms with Gasteiger partial charge in [0.15, 0.2) is 0 Å². The first-order valence-electron chi connectivity index (χ1n) is 7.94. The van der Waals surface area contributed by atoms with Gasteiger partial charge in [-0.05, 0) is 64.4 Å². The van der Waals surface area contributed by atoms with Crippen LogP contribution in [0.15, 0.2) is 42.5 Å². The van der Waals surface area contributed by atoms with E-state index < -0.39 is 15.2 Å². The quantitative estimate of drug-likeness (QED) is 0.306. The van der Waals surface area contributed by atoms with Crippen LogP contribution in [0.25, 0.3) is 10.8 Å². The Morgan fingerprint density at radius 3 is 1.54 bits per heavy atom. The van der Waals surface area contributed by atoms with Crippen molar-refractivity contribution in [2.45, 2.75) is 51.9 Å². The minimum atomic E-state index is -6.00. The Hall–Kier alpha value is -1.09. The van der Waals surface area contributed by atoms with Crippen molar-refractivity contribution in [1.82, 2.24) is 0 Å². The molecule has 134 valence electrons. The fourth-order valence-electron chi connectivity index (χ4n) is 3.34. The smallest absolute Gasteiger partial charge is 0.418 e. The molecule has 6 heteroatoms. The molecule has 0 N–H and O–H groups in total. The van der Waals surface area contributed by atoms with Crippen molar-refractivity contribution < 1.29 is 17.3 Å². The molecule has 0 aliphatic rings. The van der Waals surface area contributed by atoms with Crippen molar-refractivity contribution in [3.05, 3.63) is 42.5 Å². The van der Waals surface area contributed by atoms with E-state index >= 15 is 0 Å². The number of halogens is 4. The van der Waals surface area contributed by atoms with Gasteiger partial charge in [0.05, 0.1) is 15.6 Å². The van der Waals surface area contributed by atoms with Crippen LogP contribution in [0.4, 0.5) is 17.3 Å². The van der Waals surface area contributed by atoms with Gasteiger partial charge in [0.1, 0.15) is 0 Å². The van der Waals surface area contributed by atoms with Gasteiger partial charge < -0.3 is 17.3 Å². The monoisotopic (exact) mass is 360 g/mol. The Bertz CT molecular complexity index is 649. The summed E-state index contributed by atoms with van der Waals surface area (Å²) >= 11 is 0. The zero-order chi connectivity index (χ0) is 18.8. The molecule has 0 saturated carbocycles. The minimum Gasteiger partial charge on any atom is -0.418 e. The molecule has 0 nitrogen and oxygen atoms in total. The van der Waals surface area contributed by atoms with Crippen molar-refractivity contribution in [3.8, 4) is 0 Å². The third-order valence-electron chi connectivity index (χ3n) is 3.54. The van der Waals surface area contributed by atoms with Crippen molar-refractivity contribution in [2.24, 2.45) is 0 Å². The molecular weight excluding hydrogens is 334 g/mol. The summed E-state index contributed by atoms with van der Waals surface area (Å²) in [6, 6.07) is 15.7. The van der Waals surface area contributed by atoms with Gasteiger partial charge in [0.2, 0.25) is 0 Å². The Balaban J connectivity index is 0.000000505. The van der Waals surface area contributed by atoms with E-state index in [0.29, 0.717) is 10.3 Å². The molecular formula is C18H26BF4P. The molecule has 0 unspecified atom stereocenters. The number of benzene rings is 2. The molecule has 0 aliphatic carbocycles. The molecule has 0 spiro atoms. The minimum absolute atomic E-state index is 0.366. The first-order valence-corrected chi connectivity index (χ1v) is 9.44. The summed E-state index contributed by atoms with van der Waals surface area (Å²) in [6.45, 7) is 14.3. The molecule has 0 aliphatic heterocycles. The van der Waals surface area contributed by atoms with Crippen LogP contribution >= 0.6 is 7.92 Å². The molecule has 2 aromatic carbocycles. The highest BCUT2D eigenvalue weighted by Gasteiger charge is 2.43. The maximum absolute atomic E-state index is 9.75. The van der Waals surface area contributed by atoms with Crippen LogP contribution in [0, 0.1) is 0 Å². The van der Waals surface area contributed by atoms with E-state index in [-0.39, 0.29) is 0 Å². The lowest BCUT2D eigenvalue weighted by Gasteiger charge is -2.34. The van der Waals surface area contributed by atoms with Crippen molar-refractivity contribution in [2.75, 3.05) is 0 Å². The Morgan fingerprint density at radius 1 is 0.708 bits per heavy atom. The lowest BCUT2D eigenvalue weighted by atomic mass is 10.1. The van der Waals surface area contributed by atoms with E-state index in [9.17, 15) is 17.3 Å². The molecule has 0 amide bonds. The average Bonchev–Trinajstić information content (AvgIpc) is 2.33. The molecule has 0 heterocycles. The molecule has 0 bridgehead atoms. The van der Waals surface area contributed by atoms with Gasteiger partial charge in [-0.25, -0.2) is 0 Å². The highest BCUT2D eigenvalue weighted by Crippen LogP contribution is 2.58. The number of fused-ring (bicyclic) bond motifs is 1. The normalized spacial score (nSPS) is 13.0. The second-order valence-corrected chi connectivity index (χ2v) is 12.3. The van der Waals surface area contributed by atoms with E-state index in [0.717, 1.165) is 0 Å². The van der Waals surface area contributed by atoms with Gasteiger partial charge in [-0.15, -0.1) is 0 Å². The zero-order valence-electron chi connectivity index (χ0n) is 15.1. The second kappa shape index (κ2) is 7.43. The lowest BCUT2D eigenvalue weighted by molar-refractivity contribution is 0.368. The fourth-order valence-corrected chi connectivity index (χ4v) is 7.87.